The van der Waals surface area contributed by atoms with E-state index in [1.54, 1.807) is 0 Å². The summed E-state index contributed by atoms with van der Waals surface area (Å²) in [7, 11) is 0. The van der Waals surface area contributed by atoms with E-state index in [2.05, 4.69) is 207 Å². The maximum Gasteiger partial charge on any atom is 0.164 e. The second-order valence-corrected chi connectivity index (χ2v) is 15.7. The Morgan fingerprint density at radius 1 is 0.290 bits per heavy atom. The molecule has 2 heterocycles. The first-order valence-electron chi connectivity index (χ1n) is 20.9. The molecule has 0 N–H and O–H groups in total. The first-order valence-corrected chi connectivity index (χ1v) is 20.9. The van der Waals surface area contributed by atoms with Crippen LogP contribution in [0.3, 0.4) is 0 Å². The second kappa shape index (κ2) is 15.8. The smallest absolute Gasteiger partial charge is 0.164 e. The van der Waals surface area contributed by atoms with Crippen LogP contribution in [0.4, 0.5) is 0 Å². The molecular formula is C58H39N3O. The summed E-state index contributed by atoms with van der Waals surface area (Å²) in [5.41, 5.74) is 16.8. The lowest BCUT2D eigenvalue weighted by atomic mass is 9.93. The minimum absolute atomic E-state index is 0.569. The van der Waals surface area contributed by atoms with Gasteiger partial charge < -0.3 is 4.42 Å². The van der Waals surface area contributed by atoms with Crippen molar-refractivity contribution in [3.05, 3.63) is 224 Å². The van der Waals surface area contributed by atoms with Crippen LogP contribution in [0.5, 0.6) is 0 Å². The van der Waals surface area contributed by atoms with Crippen molar-refractivity contribution < 1.29 is 4.42 Å². The molecule has 11 rings (SSSR count). The van der Waals surface area contributed by atoms with Crippen LogP contribution in [0.1, 0.15) is 5.56 Å². The predicted molar refractivity (Wildman–Crippen MR) is 255 cm³/mol. The maximum atomic E-state index is 6.83. The zero-order valence-corrected chi connectivity index (χ0v) is 34.0. The Morgan fingerprint density at radius 3 is 1.24 bits per heavy atom. The van der Waals surface area contributed by atoms with Crippen molar-refractivity contribution in [1.29, 1.82) is 0 Å². The Hall–Kier alpha value is -8.21. The van der Waals surface area contributed by atoms with Gasteiger partial charge in [-0.15, -0.1) is 0 Å². The number of nitrogens with zero attached hydrogens (tertiary/aromatic N) is 3. The van der Waals surface area contributed by atoms with E-state index in [1.165, 1.54) is 16.7 Å². The zero-order valence-electron chi connectivity index (χ0n) is 34.0. The predicted octanol–water partition coefficient (Wildman–Crippen LogP) is 15.4. The first-order chi connectivity index (χ1) is 30.6. The minimum atomic E-state index is 0.569. The Balaban J connectivity index is 1.06. The summed E-state index contributed by atoms with van der Waals surface area (Å²) >= 11 is 0. The average molecular weight is 794 g/mol. The number of furan rings is 1. The van der Waals surface area contributed by atoms with Gasteiger partial charge in [-0.2, -0.15) is 0 Å². The third-order valence-corrected chi connectivity index (χ3v) is 11.6. The molecule has 0 saturated carbocycles. The van der Waals surface area contributed by atoms with Crippen molar-refractivity contribution in [2.45, 2.75) is 6.92 Å². The molecule has 4 heteroatoms. The van der Waals surface area contributed by atoms with Crippen LogP contribution in [0, 0.1) is 6.92 Å². The van der Waals surface area contributed by atoms with Gasteiger partial charge in [0.05, 0.1) is 0 Å². The molecule has 11 aromatic rings. The molecule has 4 nitrogen and oxygen atoms in total. The highest BCUT2D eigenvalue weighted by molar-refractivity contribution is 6.14. The molecule has 0 bridgehead atoms. The molecule has 62 heavy (non-hydrogen) atoms. The number of hydrogen-bond donors (Lipinski definition) is 0. The van der Waals surface area contributed by atoms with E-state index in [4.69, 9.17) is 19.4 Å². The lowest BCUT2D eigenvalue weighted by Crippen LogP contribution is -2.00. The number of hydrogen-bond acceptors (Lipinski definition) is 4. The highest BCUT2D eigenvalue weighted by Gasteiger charge is 2.19. The van der Waals surface area contributed by atoms with E-state index in [0.717, 1.165) is 83.1 Å². The second-order valence-electron chi connectivity index (χ2n) is 15.7. The molecule has 2 aromatic heterocycles. The summed E-state index contributed by atoms with van der Waals surface area (Å²) < 4.78 is 6.83. The topological polar surface area (TPSA) is 51.8 Å². The van der Waals surface area contributed by atoms with E-state index in [0.29, 0.717) is 17.5 Å². The van der Waals surface area contributed by atoms with Gasteiger partial charge in [0, 0.05) is 27.5 Å². The lowest BCUT2D eigenvalue weighted by Gasteiger charge is -2.11. The molecular weight excluding hydrogens is 755 g/mol. The van der Waals surface area contributed by atoms with Crippen molar-refractivity contribution in [2.75, 3.05) is 0 Å². The van der Waals surface area contributed by atoms with Crippen molar-refractivity contribution >= 4 is 21.9 Å². The van der Waals surface area contributed by atoms with E-state index in [-0.39, 0.29) is 0 Å². The number of fused-ring (bicyclic) bond motifs is 3. The summed E-state index contributed by atoms with van der Waals surface area (Å²) in [5, 5.41) is 2.10. The van der Waals surface area contributed by atoms with Gasteiger partial charge in [-0.05, 0) is 99.0 Å². The van der Waals surface area contributed by atoms with Crippen molar-refractivity contribution in [2.24, 2.45) is 0 Å². The number of benzene rings is 9. The SMILES string of the molecule is Cc1ccc(-c2cccc(-c3nc(-c4cccc(-c5ccccc5)c4)nc(-c4ccc5c(c4)oc4cc(-c6ccccc6)cc(-c6ccc(-c7ccccc7)cc6)c45)n3)c2)cc1. The quantitative estimate of drug-likeness (QED) is 0.154. The summed E-state index contributed by atoms with van der Waals surface area (Å²) in [6, 6.07) is 76.4. The molecule has 0 aliphatic rings. The fourth-order valence-corrected chi connectivity index (χ4v) is 8.36. The molecule has 0 radical (unpaired) electrons. The molecule has 0 fully saturated rings. The summed E-state index contributed by atoms with van der Waals surface area (Å²) in [6.45, 7) is 2.11. The van der Waals surface area contributed by atoms with Gasteiger partial charge in [0.2, 0.25) is 0 Å². The number of aryl methyl sites for hydroxylation is 1. The van der Waals surface area contributed by atoms with E-state index in [9.17, 15) is 0 Å². The number of rotatable bonds is 8. The van der Waals surface area contributed by atoms with Gasteiger partial charge in [0.1, 0.15) is 11.2 Å². The van der Waals surface area contributed by atoms with Gasteiger partial charge in [0.15, 0.2) is 17.5 Å². The fraction of sp³-hybridized carbons (Fsp3) is 0.0172. The fourth-order valence-electron chi connectivity index (χ4n) is 8.36. The van der Waals surface area contributed by atoms with Crippen LogP contribution < -0.4 is 0 Å². The van der Waals surface area contributed by atoms with Crippen LogP contribution in [-0.4, -0.2) is 15.0 Å². The standard InChI is InChI=1S/C58H39N3O/c1-38-23-25-43(26-24-38)46-20-12-22-48(34-46)57-59-56(47-21-11-19-45(33-47)40-15-7-3-8-16-40)60-58(61-57)49-31-32-51-53(36-49)62-54-37-50(41-17-9-4-10-18-41)35-52(55(51)54)44-29-27-42(28-30-44)39-13-5-2-6-14-39/h2-37H,1H3. The average Bonchev–Trinajstić information content (AvgIpc) is 3.73. The Bertz CT molecular complexity index is 3380. The monoisotopic (exact) mass is 793 g/mol. The third kappa shape index (κ3) is 7.14. The molecule has 0 unspecified atom stereocenters. The van der Waals surface area contributed by atoms with Crippen LogP contribution >= 0.6 is 0 Å². The van der Waals surface area contributed by atoms with Crippen molar-refractivity contribution in [1.82, 2.24) is 15.0 Å². The Labute approximate surface area is 360 Å². The van der Waals surface area contributed by atoms with E-state index >= 15 is 0 Å². The van der Waals surface area contributed by atoms with Gasteiger partial charge in [0.25, 0.3) is 0 Å². The molecule has 0 saturated heterocycles. The molecule has 292 valence electrons. The van der Waals surface area contributed by atoms with Crippen LogP contribution in [0.15, 0.2) is 223 Å². The normalized spacial score (nSPS) is 11.3. The molecule has 9 aromatic carbocycles. The highest BCUT2D eigenvalue weighted by Crippen LogP contribution is 2.42. The van der Waals surface area contributed by atoms with Crippen LogP contribution in [-0.2, 0) is 0 Å². The molecule has 0 atom stereocenters. The highest BCUT2D eigenvalue weighted by atomic mass is 16.3. The summed E-state index contributed by atoms with van der Waals surface area (Å²) in [5.74, 6) is 1.77. The zero-order chi connectivity index (χ0) is 41.4. The van der Waals surface area contributed by atoms with Crippen molar-refractivity contribution in [3.63, 3.8) is 0 Å². The van der Waals surface area contributed by atoms with Crippen LogP contribution in [0.2, 0.25) is 0 Å². The Kier molecular flexibility index (Phi) is 9.36. The number of aromatic nitrogens is 3. The molecule has 0 amide bonds. The van der Waals surface area contributed by atoms with Crippen molar-refractivity contribution in [3.8, 4) is 89.8 Å². The van der Waals surface area contributed by atoms with E-state index in [1.807, 2.05) is 18.2 Å². The summed E-state index contributed by atoms with van der Waals surface area (Å²) in [4.78, 5) is 15.5. The maximum absolute atomic E-state index is 6.83. The molecule has 0 aliphatic heterocycles. The van der Waals surface area contributed by atoms with Gasteiger partial charge >= 0.3 is 0 Å². The van der Waals surface area contributed by atoms with Crippen LogP contribution in [0.25, 0.3) is 112 Å². The van der Waals surface area contributed by atoms with Gasteiger partial charge in [-0.3, -0.25) is 0 Å². The lowest BCUT2D eigenvalue weighted by molar-refractivity contribution is 0.669. The summed E-state index contributed by atoms with van der Waals surface area (Å²) in [6.07, 6.45) is 0. The van der Waals surface area contributed by atoms with E-state index < -0.39 is 0 Å². The minimum Gasteiger partial charge on any atom is -0.456 e. The van der Waals surface area contributed by atoms with Gasteiger partial charge in [-0.25, -0.2) is 15.0 Å². The molecule has 0 spiro atoms. The Morgan fingerprint density at radius 2 is 0.677 bits per heavy atom. The first kappa shape index (κ1) is 36.8. The molecule has 0 aliphatic carbocycles. The third-order valence-electron chi connectivity index (χ3n) is 11.6. The largest absolute Gasteiger partial charge is 0.456 e. The van der Waals surface area contributed by atoms with Gasteiger partial charge in [-0.1, -0.05) is 188 Å².